The fourth-order valence-electron chi connectivity index (χ4n) is 2.09. The second-order valence-electron chi connectivity index (χ2n) is 5.29. The Morgan fingerprint density at radius 3 is 2.62 bits per heavy atom. The molecular formula is C16H22N2O3. The maximum Gasteiger partial charge on any atom is 0.325 e. The molecule has 21 heavy (non-hydrogen) atoms. The molecule has 0 atom stereocenters. The summed E-state index contributed by atoms with van der Waals surface area (Å²) in [6.07, 6.45) is 2.80. The molecule has 1 saturated carbocycles. The van der Waals surface area contributed by atoms with Crippen molar-refractivity contribution in [3.05, 3.63) is 35.9 Å². The monoisotopic (exact) mass is 290 g/mol. The smallest absolute Gasteiger partial charge is 0.325 e. The molecule has 0 saturated heterocycles. The Morgan fingerprint density at radius 2 is 2.00 bits per heavy atom. The van der Waals surface area contributed by atoms with E-state index < -0.39 is 5.97 Å². The van der Waals surface area contributed by atoms with Crippen molar-refractivity contribution < 1.29 is 14.3 Å². The number of hydrogen-bond acceptors (Lipinski definition) is 4. The van der Waals surface area contributed by atoms with Gasteiger partial charge in [0.15, 0.2) is 0 Å². The van der Waals surface area contributed by atoms with E-state index in [1.54, 1.807) is 4.90 Å². The molecule has 5 heteroatoms. The van der Waals surface area contributed by atoms with Crippen LogP contribution in [0.4, 0.5) is 0 Å². The molecule has 1 aliphatic carbocycles. The van der Waals surface area contributed by atoms with E-state index in [9.17, 15) is 9.59 Å². The lowest BCUT2D eigenvalue weighted by atomic mass is 10.2. The summed E-state index contributed by atoms with van der Waals surface area (Å²) >= 11 is 0. The van der Waals surface area contributed by atoms with Gasteiger partial charge in [0.2, 0.25) is 5.91 Å². The standard InChI is InChI=1S/C16H22N2O3/c1-21-16(20)12-18(11-13-5-3-2-4-6-13)15(19)9-10-17-14-7-8-14/h2-6,14,17H,7-12H2,1H3. The van der Waals surface area contributed by atoms with E-state index in [4.69, 9.17) is 0 Å². The summed E-state index contributed by atoms with van der Waals surface area (Å²) in [5, 5.41) is 3.31. The maximum absolute atomic E-state index is 12.3. The number of hydrogen-bond donors (Lipinski definition) is 1. The number of carbonyl (C=O) groups excluding carboxylic acids is 2. The van der Waals surface area contributed by atoms with Crippen molar-refractivity contribution in [2.24, 2.45) is 0 Å². The van der Waals surface area contributed by atoms with Crippen LogP contribution in [0.25, 0.3) is 0 Å². The van der Waals surface area contributed by atoms with E-state index in [1.165, 1.54) is 20.0 Å². The van der Waals surface area contributed by atoms with Crippen molar-refractivity contribution in [2.75, 3.05) is 20.2 Å². The molecule has 0 radical (unpaired) electrons. The third-order valence-corrected chi connectivity index (χ3v) is 3.47. The first-order valence-electron chi connectivity index (χ1n) is 7.31. The number of esters is 1. The first kappa shape index (κ1) is 15.5. The highest BCUT2D eigenvalue weighted by Gasteiger charge is 2.22. The van der Waals surface area contributed by atoms with Gasteiger partial charge in [0.1, 0.15) is 6.54 Å². The molecule has 2 rings (SSSR count). The van der Waals surface area contributed by atoms with Gasteiger partial charge in [-0.25, -0.2) is 0 Å². The van der Waals surface area contributed by atoms with Gasteiger partial charge in [-0.05, 0) is 18.4 Å². The molecule has 0 bridgehead atoms. The van der Waals surface area contributed by atoms with Crippen molar-refractivity contribution in [3.63, 3.8) is 0 Å². The van der Waals surface area contributed by atoms with Crippen molar-refractivity contribution in [1.82, 2.24) is 10.2 Å². The molecule has 1 aliphatic rings. The normalized spacial score (nSPS) is 13.8. The molecule has 0 unspecified atom stereocenters. The molecule has 1 aromatic carbocycles. The molecule has 1 amide bonds. The van der Waals surface area contributed by atoms with Crippen LogP contribution < -0.4 is 5.32 Å². The van der Waals surface area contributed by atoms with Crippen LogP contribution in [0.3, 0.4) is 0 Å². The van der Waals surface area contributed by atoms with Crippen molar-refractivity contribution in [3.8, 4) is 0 Å². The van der Waals surface area contributed by atoms with E-state index in [-0.39, 0.29) is 12.5 Å². The van der Waals surface area contributed by atoms with Gasteiger partial charge in [0.25, 0.3) is 0 Å². The zero-order valence-electron chi connectivity index (χ0n) is 12.4. The second kappa shape index (κ2) is 7.78. The largest absolute Gasteiger partial charge is 0.468 e. The highest BCUT2D eigenvalue weighted by atomic mass is 16.5. The van der Waals surface area contributed by atoms with Gasteiger partial charge >= 0.3 is 5.97 Å². The maximum atomic E-state index is 12.3. The summed E-state index contributed by atoms with van der Waals surface area (Å²) < 4.78 is 4.67. The first-order valence-corrected chi connectivity index (χ1v) is 7.31. The fraction of sp³-hybridized carbons (Fsp3) is 0.500. The van der Waals surface area contributed by atoms with Crippen LogP contribution in [0.1, 0.15) is 24.8 Å². The van der Waals surface area contributed by atoms with Crippen LogP contribution in [0.5, 0.6) is 0 Å². The molecule has 1 fully saturated rings. The van der Waals surface area contributed by atoms with Crippen molar-refractivity contribution >= 4 is 11.9 Å². The Hall–Kier alpha value is -1.88. The molecule has 0 aromatic heterocycles. The molecule has 0 spiro atoms. The van der Waals surface area contributed by atoms with Gasteiger partial charge in [-0.15, -0.1) is 0 Å². The average Bonchev–Trinajstić information content (AvgIpc) is 3.31. The van der Waals surface area contributed by atoms with Crippen molar-refractivity contribution in [1.29, 1.82) is 0 Å². The van der Waals surface area contributed by atoms with E-state index in [1.807, 2.05) is 30.3 Å². The van der Waals surface area contributed by atoms with Crippen LogP contribution in [0, 0.1) is 0 Å². The summed E-state index contributed by atoms with van der Waals surface area (Å²) in [6.45, 7) is 1.09. The Labute approximate surface area is 125 Å². The number of carbonyl (C=O) groups is 2. The Kier molecular flexibility index (Phi) is 5.75. The van der Waals surface area contributed by atoms with E-state index in [0.29, 0.717) is 25.6 Å². The number of ether oxygens (including phenoxy) is 1. The lowest BCUT2D eigenvalue weighted by molar-refractivity contribution is -0.147. The summed E-state index contributed by atoms with van der Waals surface area (Å²) in [6, 6.07) is 10.2. The van der Waals surface area contributed by atoms with E-state index in [0.717, 1.165) is 5.56 Å². The molecule has 5 nitrogen and oxygen atoms in total. The Balaban J connectivity index is 1.89. The molecular weight excluding hydrogens is 268 g/mol. The van der Waals surface area contributed by atoms with E-state index >= 15 is 0 Å². The molecule has 1 N–H and O–H groups in total. The lowest BCUT2D eigenvalue weighted by Crippen LogP contribution is -2.37. The predicted molar refractivity (Wildman–Crippen MR) is 79.5 cm³/mol. The number of nitrogens with zero attached hydrogens (tertiary/aromatic N) is 1. The number of amides is 1. The minimum absolute atomic E-state index is 0.00629. The SMILES string of the molecule is COC(=O)CN(Cc1ccccc1)C(=O)CCNC1CC1. The minimum Gasteiger partial charge on any atom is -0.468 e. The summed E-state index contributed by atoms with van der Waals surface area (Å²) in [4.78, 5) is 25.3. The zero-order chi connectivity index (χ0) is 15.1. The quantitative estimate of drug-likeness (QED) is 0.734. The van der Waals surface area contributed by atoms with Crippen LogP contribution >= 0.6 is 0 Å². The fourth-order valence-corrected chi connectivity index (χ4v) is 2.09. The van der Waals surface area contributed by atoms with Gasteiger partial charge in [-0.3, -0.25) is 9.59 Å². The number of nitrogens with one attached hydrogen (secondary N) is 1. The molecule has 0 aliphatic heterocycles. The minimum atomic E-state index is -0.394. The Morgan fingerprint density at radius 1 is 1.29 bits per heavy atom. The van der Waals surface area contributed by atoms with Gasteiger partial charge < -0.3 is 15.0 Å². The highest BCUT2D eigenvalue weighted by Crippen LogP contribution is 2.18. The van der Waals surface area contributed by atoms with Crippen LogP contribution in [-0.2, 0) is 20.9 Å². The molecule has 1 aromatic rings. The lowest BCUT2D eigenvalue weighted by Gasteiger charge is -2.21. The topological polar surface area (TPSA) is 58.6 Å². The van der Waals surface area contributed by atoms with Crippen LogP contribution in [0.15, 0.2) is 30.3 Å². The second-order valence-corrected chi connectivity index (χ2v) is 5.29. The summed E-state index contributed by atoms with van der Waals surface area (Å²) in [5.74, 6) is -0.424. The summed E-state index contributed by atoms with van der Waals surface area (Å²) in [7, 11) is 1.34. The average molecular weight is 290 g/mol. The van der Waals surface area contributed by atoms with Gasteiger partial charge in [0.05, 0.1) is 7.11 Å². The van der Waals surface area contributed by atoms with E-state index in [2.05, 4.69) is 10.1 Å². The van der Waals surface area contributed by atoms with Gasteiger partial charge in [-0.2, -0.15) is 0 Å². The Bertz CT molecular complexity index is 472. The number of rotatable bonds is 8. The summed E-state index contributed by atoms with van der Waals surface area (Å²) in [5.41, 5.74) is 1.00. The van der Waals surface area contributed by atoms with Gasteiger partial charge in [-0.1, -0.05) is 30.3 Å². The third-order valence-electron chi connectivity index (χ3n) is 3.47. The van der Waals surface area contributed by atoms with Crippen molar-refractivity contribution in [2.45, 2.75) is 31.8 Å². The van der Waals surface area contributed by atoms with Crippen LogP contribution in [0.2, 0.25) is 0 Å². The van der Waals surface area contributed by atoms with Gasteiger partial charge in [0, 0.05) is 25.6 Å². The molecule has 0 heterocycles. The number of benzene rings is 1. The van der Waals surface area contributed by atoms with Crippen LogP contribution in [-0.4, -0.2) is 43.0 Å². The first-order chi connectivity index (χ1) is 10.2. The molecule has 114 valence electrons. The highest BCUT2D eigenvalue weighted by molar-refractivity contribution is 5.82. The predicted octanol–water partition coefficient (Wildman–Crippen LogP) is 1.33. The number of methoxy groups -OCH3 is 1. The zero-order valence-corrected chi connectivity index (χ0v) is 12.4. The third kappa shape index (κ3) is 5.55.